The molecule has 1 heterocycles. The first-order valence-corrected chi connectivity index (χ1v) is 7.47. The molecule has 110 valence electrons. The Bertz CT molecular complexity index is 849. The van der Waals surface area contributed by atoms with Crippen LogP contribution in [0, 0.1) is 0 Å². The molecule has 0 aliphatic carbocycles. The molecule has 0 radical (unpaired) electrons. The van der Waals surface area contributed by atoms with Crippen LogP contribution in [0.1, 0.15) is 10.4 Å². The first-order valence-electron chi connectivity index (χ1n) is 6.68. The van der Waals surface area contributed by atoms with Gasteiger partial charge in [0.1, 0.15) is 11.4 Å². The number of aromatic nitrogens is 1. The molecule has 0 saturated heterocycles. The van der Waals surface area contributed by atoms with Gasteiger partial charge < -0.3 is 10.1 Å². The number of ether oxygens (including phenoxy) is 1. The summed E-state index contributed by atoms with van der Waals surface area (Å²) < 4.78 is 5.70. The Balaban J connectivity index is 2.12. The van der Waals surface area contributed by atoms with Crippen molar-refractivity contribution >= 4 is 44.2 Å². The zero-order valence-electron chi connectivity index (χ0n) is 11.8. The number of carbonyl (C=O) groups is 1. The third kappa shape index (κ3) is 2.67. The van der Waals surface area contributed by atoms with Gasteiger partial charge in [-0.05, 0) is 39.5 Å². The molecule has 5 heteroatoms. The molecule has 0 aliphatic heterocycles. The molecule has 3 rings (SSSR count). The van der Waals surface area contributed by atoms with E-state index in [1.54, 1.807) is 18.3 Å². The number of nitrogens with one attached hydrogen (secondary N) is 1. The highest BCUT2D eigenvalue weighted by atomic mass is 79.9. The second kappa shape index (κ2) is 6.15. The molecule has 0 amide bonds. The maximum atomic E-state index is 11.9. The van der Waals surface area contributed by atoms with Crippen LogP contribution in [0.15, 0.2) is 59.2 Å². The molecule has 0 aliphatic rings. The molecule has 0 fully saturated rings. The van der Waals surface area contributed by atoms with Gasteiger partial charge in [0.05, 0.1) is 12.8 Å². The Hall–Kier alpha value is -2.40. The van der Waals surface area contributed by atoms with Crippen molar-refractivity contribution in [1.82, 2.24) is 4.98 Å². The van der Waals surface area contributed by atoms with Gasteiger partial charge in [0.15, 0.2) is 0 Å². The van der Waals surface area contributed by atoms with Crippen molar-refractivity contribution in [2.24, 2.45) is 0 Å². The highest BCUT2D eigenvalue weighted by Gasteiger charge is 2.14. The number of pyridine rings is 1. The summed E-state index contributed by atoms with van der Waals surface area (Å²) in [6.45, 7) is 0. The number of fused-ring (bicyclic) bond motifs is 1. The molecule has 3 aromatic rings. The molecule has 0 unspecified atom stereocenters. The highest BCUT2D eigenvalue weighted by molar-refractivity contribution is 9.10. The number of methoxy groups -OCH3 is 1. The Morgan fingerprint density at radius 2 is 1.95 bits per heavy atom. The topological polar surface area (TPSA) is 51.2 Å². The number of benzene rings is 2. The van der Waals surface area contributed by atoms with E-state index >= 15 is 0 Å². The van der Waals surface area contributed by atoms with Gasteiger partial charge in [-0.25, -0.2) is 9.78 Å². The lowest BCUT2D eigenvalue weighted by molar-refractivity contribution is 0.0601. The van der Waals surface area contributed by atoms with Crippen LogP contribution in [0.2, 0.25) is 0 Å². The SMILES string of the molecule is COC(=O)c1cccnc1Nc1c(Br)ccc2ccccc12. The summed E-state index contributed by atoms with van der Waals surface area (Å²) in [4.78, 5) is 16.1. The number of esters is 1. The largest absolute Gasteiger partial charge is 0.465 e. The summed E-state index contributed by atoms with van der Waals surface area (Å²) in [6, 6.07) is 15.4. The molecule has 0 bridgehead atoms. The zero-order valence-corrected chi connectivity index (χ0v) is 13.4. The minimum absolute atomic E-state index is 0.393. The monoisotopic (exact) mass is 356 g/mol. The average Bonchev–Trinajstić information content (AvgIpc) is 2.57. The van der Waals surface area contributed by atoms with Gasteiger partial charge >= 0.3 is 5.97 Å². The van der Waals surface area contributed by atoms with Crippen LogP contribution in [0.4, 0.5) is 11.5 Å². The second-order valence-corrected chi connectivity index (χ2v) is 5.51. The van der Waals surface area contributed by atoms with Crippen molar-refractivity contribution in [3.8, 4) is 0 Å². The van der Waals surface area contributed by atoms with Gasteiger partial charge in [0.2, 0.25) is 0 Å². The van der Waals surface area contributed by atoms with Crippen molar-refractivity contribution in [3.05, 3.63) is 64.8 Å². The van der Waals surface area contributed by atoms with Crippen molar-refractivity contribution in [2.45, 2.75) is 0 Å². The fraction of sp³-hybridized carbons (Fsp3) is 0.0588. The lowest BCUT2D eigenvalue weighted by Gasteiger charge is -2.13. The summed E-state index contributed by atoms with van der Waals surface area (Å²) in [7, 11) is 1.35. The summed E-state index contributed by atoms with van der Waals surface area (Å²) in [5, 5.41) is 5.38. The number of halogens is 1. The van der Waals surface area contributed by atoms with Crippen LogP contribution < -0.4 is 5.32 Å². The number of hydrogen-bond donors (Lipinski definition) is 1. The van der Waals surface area contributed by atoms with E-state index in [0.29, 0.717) is 11.4 Å². The fourth-order valence-electron chi connectivity index (χ4n) is 2.27. The third-order valence-corrected chi connectivity index (χ3v) is 4.00. The van der Waals surface area contributed by atoms with Gasteiger partial charge in [-0.3, -0.25) is 0 Å². The number of carbonyl (C=O) groups excluding carboxylic acids is 1. The third-order valence-electron chi connectivity index (χ3n) is 3.33. The molecule has 0 atom stereocenters. The molecular formula is C17H13BrN2O2. The molecule has 0 spiro atoms. The van der Waals surface area contributed by atoms with E-state index in [2.05, 4.69) is 26.2 Å². The van der Waals surface area contributed by atoms with Gasteiger partial charge in [-0.1, -0.05) is 30.3 Å². The van der Waals surface area contributed by atoms with Crippen LogP contribution in [-0.4, -0.2) is 18.1 Å². The first kappa shape index (κ1) is 14.5. The lowest BCUT2D eigenvalue weighted by Crippen LogP contribution is -2.07. The molecule has 1 aromatic heterocycles. The lowest BCUT2D eigenvalue weighted by atomic mass is 10.1. The normalized spacial score (nSPS) is 10.5. The summed E-state index contributed by atoms with van der Waals surface area (Å²) >= 11 is 3.55. The summed E-state index contributed by atoms with van der Waals surface area (Å²) in [5.41, 5.74) is 1.26. The summed E-state index contributed by atoms with van der Waals surface area (Å²) in [5.74, 6) is 0.0402. The van der Waals surface area contributed by atoms with Crippen molar-refractivity contribution < 1.29 is 9.53 Å². The van der Waals surface area contributed by atoms with E-state index in [9.17, 15) is 4.79 Å². The van der Waals surface area contributed by atoms with Crippen LogP contribution >= 0.6 is 15.9 Å². The molecule has 2 aromatic carbocycles. The van der Waals surface area contributed by atoms with Crippen LogP contribution in [0.5, 0.6) is 0 Å². The number of hydrogen-bond acceptors (Lipinski definition) is 4. The van der Waals surface area contributed by atoms with Crippen LogP contribution in [0.3, 0.4) is 0 Å². The first-order chi connectivity index (χ1) is 10.7. The van der Waals surface area contributed by atoms with Gasteiger partial charge in [0, 0.05) is 16.1 Å². The number of anilines is 2. The smallest absolute Gasteiger partial charge is 0.341 e. The van der Waals surface area contributed by atoms with E-state index in [1.165, 1.54) is 7.11 Å². The van der Waals surface area contributed by atoms with Crippen molar-refractivity contribution in [2.75, 3.05) is 12.4 Å². The van der Waals surface area contributed by atoms with Crippen LogP contribution in [0.25, 0.3) is 10.8 Å². The van der Waals surface area contributed by atoms with Crippen LogP contribution in [-0.2, 0) is 4.74 Å². The van der Waals surface area contributed by atoms with Gasteiger partial charge in [-0.2, -0.15) is 0 Å². The molecule has 1 N–H and O–H groups in total. The van der Waals surface area contributed by atoms with E-state index in [-0.39, 0.29) is 0 Å². The minimum atomic E-state index is -0.424. The second-order valence-electron chi connectivity index (χ2n) is 4.66. The average molecular weight is 357 g/mol. The highest BCUT2D eigenvalue weighted by Crippen LogP contribution is 2.34. The van der Waals surface area contributed by atoms with E-state index in [1.807, 2.05) is 36.4 Å². The molecule has 22 heavy (non-hydrogen) atoms. The summed E-state index contributed by atoms with van der Waals surface area (Å²) in [6.07, 6.45) is 1.63. The Morgan fingerprint density at radius 1 is 1.14 bits per heavy atom. The molecular weight excluding hydrogens is 344 g/mol. The maximum absolute atomic E-state index is 11.9. The van der Waals surface area contributed by atoms with Gasteiger partial charge in [0.25, 0.3) is 0 Å². The Morgan fingerprint density at radius 3 is 2.77 bits per heavy atom. The predicted octanol–water partition coefficient (Wildman–Crippen LogP) is 4.53. The van der Waals surface area contributed by atoms with Crippen molar-refractivity contribution in [3.63, 3.8) is 0 Å². The van der Waals surface area contributed by atoms with Gasteiger partial charge in [-0.15, -0.1) is 0 Å². The minimum Gasteiger partial charge on any atom is -0.465 e. The predicted molar refractivity (Wildman–Crippen MR) is 90.5 cm³/mol. The Kier molecular flexibility index (Phi) is 4.06. The fourth-order valence-corrected chi connectivity index (χ4v) is 2.71. The van der Waals surface area contributed by atoms with E-state index in [4.69, 9.17) is 4.74 Å². The van der Waals surface area contributed by atoms with Crippen molar-refractivity contribution in [1.29, 1.82) is 0 Å². The van der Waals surface area contributed by atoms with E-state index in [0.717, 1.165) is 20.9 Å². The standard InChI is InChI=1S/C17H13BrN2O2/c1-22-17(21)13-7-4-10-19-16(13)20-15-12-6-3-2-5-11(12)8-9-14(15)18/h2-10H,1H3,(H,19,20). The maximum Gasteiger partial charge on any atom is 0.341 e. The Labute approximate surface area is 136 Å². The quantitative estimate of drug-likeness (QED) is 0.700. The van der Waals surface area contributed by atoms with E-state index < -0.39 is 5.97 Å². The molecule has 4 nitrogen and oxygen atoms in total. The zero-order chi connectivity index (χ0) is 15.5. The number of nitrogens with zero attached hydrogens (tertiary/aromatic N) is 1. The number of rotatable bonds is 3. The molecule has 0 saturated carbocycles.